The summed E-state index contributed by atoms with van der Waals surface area (Å²) in [6.07, 6.45) is 1.94. The summed E-state index contributed by atoms with van der Waals surface area (Å²) in [5.41, 5.74) is 2.28. The van der Waals surface area contributed by atoms with Crippen molar-refractivity contribution in [1.29, 1.82) is 0 Å². The van der Waals surface area contributed by atoms with Crippen LogP contribution in [0.15, 0.2) is 34.9 Å². The predicted octanol–water partition coefficient (Wildman–Crippen LogP) is 3.06. The summed E-state index contributed by atoms with van der Waals surface area (Å²) >= 11 is 3.47. The van der Waals surface area contributed by atoms with Gasteiger partial charge in [0.2, 0.25) is 0 Å². The summed E-state index contributed by atoms with van der Waals surface area (Å²) in [5.74, 6) is 0. The van der Waals surface area contributed by atoms with E-state index in [1.54, 1.807) is 0 Å². The van der Waals surface area contributed by atoms with Gasteiger partial charge in [-0.2, -0.15) is 0 Å². The van der Waals surface area contributed by atoms with Crippen LogP contribution in [0.4, 0.5) is 0 Å². The maximum absolute atomic E-state index is 4.43. The zero-order valence-corrected chi connectivity index (χ0v) is 10.5. The molecular formula is C12H13BrN2. The molecule has 0 fully saturated rings. The highest BCUT2D eigenvalue weighted by molar-refractivity contribution is 9.10. The van der Waals surface area contributed by atoms with Gasteiger partial charge in [0.05, 0.1) is 5.52 Å². The molecule has 3 heteroatoms. The molecule has 78 valence electrons. The molecule has 0 N–H and O–H groups in total. The maximum Gasteiger partial charge on any atom is 0.0702 e. The standard InChI is InChI=1S/C12H13BrN2/c1-15(2)8-9-5-10-6-11(13)3-4-12(10)14-7-9/h3-7H,8H2,1-2H3. The Bertz CT molecular complexity index is 480. The Morgan fingerprint density at radius 3 is 2.80 bits per heavy atom. The minimum atomic E-state index is 0.926. The second-order valence-corrected chi connectivity index (χ2v) is 4.83. The van der Waals surface area contributed by atoms with Crippen LogP contribution in [0.1, 0.15) is 5.56 Å². The van der Waals surface area contributed by atoms with Crippen molar-refractivity contribution in [3.05, 3.63) is 40.5 Å². The van der Waals surface area contributed by atoms with Gasteiger partial charge in [0.1, 0.15) is 0 Å². The van der Waals surface area contributed by atoms with Gasteiger partial charge in [-0.1, -0.05) is 15.9 Å². The average molecular weight is 265 g/mol. The number of pyridine rings is 1. The van der Waals surface area contributed by atoms with E-state index < -0.39 is 0 Å². The molecule has 0 radical (unpaired) electrons. The van der Waals surface area contributed by atoms with Crippen LogP contribution in [-0.4, -0.2) is 24.0 Å². The van der Waals surface area contributed by atoms with E-state index in [0.717, 1.165) is 16.5 Å². The van der Waals surface area contributed by atoms with Gasteiger partial charge in [-0.05, 0) is 43.9 Å². The Labute approximate surface area is 98.1 Å². The lowest BCUT2D eigenvalue weighted by molar-refractivity contribution is 0.402. The molecule has 0 saturated carbocycles. The highest BCUT2D eigenvalue weighted by Crippen LogP contribution is 2.19. The van der Waals surface area contributed by atoms with Crippen molar-refractivity contribution in [2.75, 3.05) is 14.1 Å². The van der Waals surface area contributed by atoms with Crippen molar-refractivity contribution in [2.45, 2.75) is 6.54 Å². The molecule has 2 aromatic rings. The van der Waals surface area contributed by atoms with Crippen molar-refractivity contribution in [3.8, 4) is 0 Å². The second kappa shape index (κ2) is 4.29. The van der Waals surface area contributed by atoms with E-state index in [4.69, 9.17) is 0 Å². The monoisotopic (exact) mass is 264 g/mol. The summed E-state index contributed by atoms with van der Waals surface area (Å²) < 4.78 is 1.10. The van der Waals surface area contributed by atoms with Crippen LogP contribution in [0.3, 0.4) is 0 Å². The lowest BCUT2D eigenvalue weighted by Crippen LogP contribution is -2.10. The van der Waals surface area contributed by atoms with Crippen LogP contribution < -0.4 is 0 Å². The molecule has 0 aliphatic carbocycles. The number of halogens is 1. The maximum atomic E-state index is 4.43. The zero-order chi connectivity index (χ0) is 10.8. The van der Waals surface area contributed by atoms with Gasteiger partial charge in [0.15, 0.2) is 0 Å². The van der Waals surface area contributed by atoms with Crippen molar-refractivity contribution < 1.29 is 0 Å². The largest absolute Gasteiger partial charge is 0.305 e. The van der Waals surface area contributed by atoms with Gasteiger partial charge < -0.3 is 4.90 Å². The first-order chi connectivity index (χ1) is 7.15. The lowest BCUT2D eigenvalue weighted by atomic mass is 10.1. The van der Waals surface area contributed by atoms with Gasteiger partial charge in [0.25, 0.3) is 0 Å². The van der Waals surface area contributed by atoms with E-state index in [9.17, 15) is 0 Å². The van der Waals surface area contributed by atoms with Gasteiger partial charge >= 0.3 is 0 Å². The highest BCUT2D eigenvalue weighted by Gasteiger charge is 1.99. The van der Waals surface area contributed by atoms with Crippen LogP contribution in [0.5, 0.6) is 0 Å². The minimum absolute atomic E-state index is 0.926. The Hall–Kier alpha value is -0.930. The van der Waals surface area contributed by atoms with Gasteiger partial charge in [-0.25, -0.2) is 0 Å². The number of fused-ring (bicyclic) bond motifs is 1. The van der Waals surface area contributed by atoms with Crippen LogP contribution in [-0.2, 0) is 6.54 Å². The summed E-state index contributed by atoms with van der Waals surface area (Å²) in [7, 11) is 4.12. The smallest absolute Gasteiger partial charge is 0.0702 e. The number of hydrogen-bond donors (Lipinski definition) is 0. The quantitative estimate of drug-likeness (QED) is 0.829. The number of nitrogens with zero attached hydrogens (tertiary/aromatic N) is 2. The van der Waals surface area contributed by atoms with E-state index in [1.807, 2.05) is 18.3 Å². The molecule has 1 aromatic carbocycles. The minimum Gasteiger partial charge on any atom is -0.305 e. The SMILES string of the molecule is CN(C)Cc1cnc2ccc(Br)cc2c1. The molecule has 1 aromatic heterocycles. The zero-order valence-electron chi connectivity index (χ0n) is 8.87. The van der Waals surface area contributed by atoms with Gasteiger partial charge in [-0.15, -0.1) is 0 Å². The normalized spacial score (nSPS) is 11.2. The fourth-order valence-electron chi connectivity index (χ4n) is 1.60. The van der Waals surface area contributed by atoms with Crippen molar-refractivity contribution in [1.82, 2.24) is 9.88 Å². The van der Waals surface area contributed by atoms with Gasteiger partial charge in [0, 0.05) is 22.6 Å². The van der Waals surface area contributed by atoms with E-state index >= 15 is 0 Å². The topological polar surface area (TPSA) is 16.1 Å². The molecule has 0 aliphatic heterocycles. The number of aromatic nitrogens is 1. The fraction of sp³-hybridized carbons (Fsp3) is 0.250. The summed E-state index contributed by atoms with van der Waals surface area (Å²) in [6.45, 7) is 0.926. The van der Waals surface area contributed by atoms with Crippen LogP contribution in [0, 0.1) is 0 Å². The Kier molecular flexibility index (Phi) is 3.03. The van der Waals surface area contributed by atoms with Crippen LogP contribution in [0.25, 0.3) is 10.9 Å². The Morgan fingerprint density at radius 2 is 2.07 bits per heavy atom. The first-order valence-corrected chi connectivity index (χ1v) is 5.63. The number of benzene rings is 1. The number of hydrogen-bond acceptors (Lipinski definition) is 2. The molecule has 1 heterocycles. The van der Waals surface area contributed by atoms with E-state index in [1.165, 1.54) is 10.9 Å². The van der Waals surface area contributed by atoms with E-state index in [-0.39, 0.29) is 0 Å². The molecule has 0 amide bonds. The molecule has 2 rings (SSSR count). The second-order valence-electron chi connectivity index (χ2n) is 3.92. The van der Waals surface area contributed by atoms with Gasteiger partial charge in [-0.3, -0.25) is 4.98 Å². The van der Waals surface area contributed by atoms with E-state index in [0.29, 0.717) is 0 Å². The third-order valence-corrected chi connectivity index (χ3v) is 2.69. The third kappa shape index (κ3) is 2.55. The lowest BCUT2D eigenvalue weighted by Gasteiger charge is -2.09. The fourth-order valence-corrected chi connectivity index (χ4v) is 1.98. The molecule has 15 heavy (non-hydrogen) atoms. The molecule has 0 bridgehead atoms. The first-order valence-electron chi connectivity index (χ1n) is 4.84. The summed E-state index contributed by atoms with van der Waals surface area (Å²) in [5, 5.41) is 1.18. The molecule has 0 saturated heterocycles. The molecule has 0 atom stereocenters. The Morgan fingerprint density at radius 1 is 1.27 bits per heavy atom. The van der Waals surface area contributed by atoms with Crippen molar-refractivity contribution in [2.24, 2.45) is 0 Å². The molecule has 0 unspecified atom stereocenters. The summed E-state index contributed by atoms with van der Waals surface area (Å²) in [6, 6.07) is 8.33. The predicted molar refractivity (Wildman–Crippen MR) is 66.8 cm³/mol. The van der Waals surface area contributed by atoms with Crippen LogP contribution in [0.2, 0.25) is 0 Å². The highest BCUT2D eigenvalue weighted by atomic mass is 79.9. The average Bonchev–Trinajstić information content (AvgIpc) is 2.16. The van der Waals surface area contributed by atoms with Crippen LogP contribution >= 0.6 is 15.9 Å². The molecule has 0 aliphatic rings. The Balaban J connectivity index is 2.45. The molecule has 0 spiro atoms. The van der Waals surface area contributed by atoms with Crippen molar-refractivity contribution >= 4 is 26.8 Å². The third-order valence-electron chi connectivity index (χ3n) is 2.20. The molecular weight excluding hydrogens is 252 g/mol. The summed E-state index contributed by atoms with van der Waals surface area (Å²) in [4.78, 5) is 6.57. The number of rotatable bonds is 2. The van der Waals surface area contributed by atoms with Crippen molar-refractivity contribution in [3.63, 3.8) is 0 Å². The van der Waals surface area contributed by atoms with E-state index in [2.05, 4.69) is 52.0 Å². The molecule has 2 nitrogen and oxygen atoms in total. The first kappa shape index (κ1) is 10.6.